The van der Waals surface area contributed by atoms with Crippen molar-refractivity contribution < 1.29 is 9.66 Å². The molecule has 0 aliphatic rings. The van der Waals surface area contributed by atoms with Gasteiger partial charge in [0, 0.05) is 17.7 Å². The van der Waals surface area contributed by atoms with Gasteiger partial charge in [-0.05, 0) is 20.3 Å². The number of hydrogen-bond donors (Lipinski definition) is 1. The van der Waals surface area contributed by atoms with Crippen LogP contribution in [0.5, 0.6) is 5.88 Å². The molecular weight excluding hydrogens is 234 g/mol. The molecule has 0 aliphatic heterocycles. The third-order valence-electron chi connectivity index (χ3n) is 2.59. The van der Waals surface area contributed by atoms with Crippen LogP contribution in [0, 0.1) is 10.1 Å². The summed E-state index contributed by atoms with van der Waals surface area (Å²) in [5.74, 6) is 0.605. The number of rotatable bonds is 6. The average molecular weight is 253 g/mol. The molecular formula is C12H19N3O3. The van der Waals surface area contributed by atoms with Crippen LogP contribution in [0.15, 0.2) is 12.1 Å². The zero-order valence-electron chi connectivity index (χ0n) is 11.2. The fourth-order valence-electron chi connectivity index (χ4n) is 1.79. The molecule has 0 aromatic carbocycles. The van der Waals surface area contributed by atoms with Crippen molar-refractivity contribution in [3.8, 4) is 5.88 Å². The van der Waals surface area contributed by atoms with E-state index in [-0.39, 0.29) is 17.0 Å². The van der Waals surface area contributed by atoms with E-state index >= 15 is 0 Å². The molecule has 1 aromatic rings. The van der Waals surface area contributed by atoms with Gasteiger partial charge in [-0.25, -0.2) is 0 Å². The third-order valence-corrected chi connectivity index (χ3v) is 2.59. The number of nitrogens with zero attached hydrogens (tertiary/aromatic N) is 2. The minimum Gasteiger partial charge on any atom is -0.481 e. The van der Waals surface area contributed by atoms with Crippen LogP contribution in [0.2, 0.25) is 0 Å². The van der Waals surface area contributed by atoms with Gasteiger partial charge >= 0.3 is 5.69 Å². The highest BCUT2D eigenvalue weighted by Gasteiger charge is 2.23. The molecule has 1 N–H and O–H groups in total. The summed E-state index contributed by atoms with van der Waals surface area (Å²) < 4.78 is 4.99. The van der Waals surface area contributed by atoms with Crippen LogP contribution in [-0.4, -0.2) is 22.6 Å². The zero-order valence-corrected chi connectivity index (χ0v) is 11.2. The molecule has 0 atom stereocenters. The smallest absolute Gasteiger partial charge is 0.311 e. The van der Waals surface area contributed by atoms with E-state index in [0.29, 0.717) is 5.88 Å². The lowest BCUT2D eigenvalue weighted by Crippen LogP contribution is -2.31. The van der Waals surface area contributed by atoms with Gasteiger partial charge in [-0.3, -0.25) is 10.1 Å². The van der Waals surface area contributed by atoms with Gasteiger partial charge in [-0.1, -0.05) is 13.3 Å². The Hall–Kier alpha value is -1.85. The maximum absolute atomic E-state index is 10.9. The molecule has 0 bridgehead atoms. The zero-order chi connectivity index (χ0) is 13.8. The summed E-state index contributed by atoms with van der Waals surface area (Å²) in [4.78, 5) is 14.6. The predicted octanol–water partition coefficient (Wildman–Crippen LogP) is 2.99. The minimum atomic E-state index is -0.448. The highest BCUT2D eigenvalue weighted by atomic mass is 16.6. The fraction of sp³-hybridized carbons (Fsp3) is 0.583. The Morgan fingerprint density at radius 2 is 2.17 bits per heavy atom. The molecule has 6 nitrogen and oxygen atoms in total. The third kappa shape index (κ3) is 3.58. The van der Waals surface area contributed by atoms with E-state index in [0.717, 1.165) is 12.8 Å². The molecule has 100 valence electrons. The largest absolute Gasteiger partial charge is 0.481 e. The number of methoxy groups -OCH3 is 1. The topological polar surface area (TPSA) is 77.3 Å². The van der Waals surface area contributed by atoms with E-state index in [1.807, 2.05) is 13.8 Å². The van der Waals surface area contributed by atoms with E-state index in [2.05, 4.69) is 17.2 Å². The Balaban J connectivity index is 3.08. The minimum absolute atomic E-state index is 0.0417. The second kappa shape index (κ2) is 5.66. The number of nitrogens with one attached hydrogen (secondary N) is 1. The van der Waals surface area contributed by atoms with Crippen LogP contribution >= 0.6 is 0 Å². The van der Waals surface area contributed by atoms with Gasteiger partial charge in [0.05, 0.1) is 12.0 Å². The van der Waals surface area contributed by atoms with E-state index in [1.54, 1.807) is 0 Å². The SMILES string of the molecule is CCCC(C)(C)Nc1nc(OC)ccc1[N+](=O)[O-]. The Bertz CT molecular complexity index is 433. The van der Waals surface area contributed by atoms with Gasteiger partial charge < -0.3 is 10.1 Å². The van der Waals surface area contributed by atoms with Crippen LogP contribution in [0.3, 0.4) is 0 Å². The fourth-order valence-corrected chi connectivity index (χ4v) is 1.79. The maximum atomic E-state index is 10.9. The van der Waals surface area contributed by atoms with E-state index in [1.165, 1.54) is 19.2 Å². The predicted molar refractivity (Wildman–Crippen MR) is 70.1 cm³/mol. The van der Waals surface area contributed by atoms with Gasteiger partial charge in [0.2, 0.25) is 11.7 Å². The Morgan fingerprint density at radius 1 is 1.50 bits per heavy atom. The number of aromatic nitrogens is 1. The van der Waals surface area contributed by atoms with Crippen LogP contribution in [0.1, 0.15) is 33.6 Å². The summed E-state index contributed by atoms with van der Waals surface area (Å²) in [5, 5.41) is 14.1. The Kier molecular flexibility index (Phi) is 4.47. The average Bonchev–Trinajstić information content (AvgIpc) is 2.27. The van der Waals surface area contributed by atoms with Crippen molar-refractivity contribution in [2.45, 2.75) is 39.2 Å². The normalized spacial score (nSPS) is 11.1. The molecule has 0 aliphatic carbocycles. The number of ether oxygens (including phenoxy) is 1. The van der Waals surface area contributed by atoms with Crippen molar-refractivity contribution in [3.63, 3.8) is 0 Å². The number of anilines is 1. The van der Waals surface area contributed by atoms with Gasteiger partial charge in [-0.15, -0.1) is 0 Å². The van der Waals surface area contributed by atoms with Gasteiger partial charge in [0.25, 0.3) is 0 Å². The summed E-state index contributed by atoms with van der Waals surface area (Å²) in [6.07, 6.45) is 1.88. The van der Waals surface area contributed by atoms with Crippen molar-refractivity contribution in [2.24, 2.45) is 0 Å². The molecule has 0 unspecified atom stereocenters. The molecule has 1 rings (SSSR count). The van der Waals surface area contributed by atoms with E-state index in [9.17, 15) is 10.1 Å². The van der Waals surface area contributed by atoms with Crippen molar-refractivity contribution in [2.75, 3.05) is 12.4 Å². The van der Waals surface area contributed by atoms with Crippen molar-refractivity contribution in [3.05, 3.63) is 22.2 Å². The first-order valence-corrected chi connectivity index (χ1v) is 5.87. The first-order chi connectivity index (χ1) is 8.39. The van der Waals surface area contributed by atoms with Gasteiger partial charge in [0.1, 0.15) is 0 Å². The summed E-state index contributed by atoms with van der Waals surface area (Å²) in [6, 6.07) is 2.88. The van der Waals surface area contributed by atoms with Gasteiger partial charge in [0.15, 0.2) is 0 Å². The first-order valence-electron chi connectivity index (χ1n) is 5.87. The van der Waals surface area contributed by atoms with Crippen molar-refractivity contribution in [1.29, 1.82) is 0 Å². The van der Waals surface area contributed by atoms with E-state index < -0.39 is 4.92 Å². The monoisotopic (exact) mass is 253 g/mol. The number of hydrogen-bond acceptors (Lipinski definition) is 5. The Labute approximate surface area is 107 Å². The van der Waals surface area contributed by atoms with Crippen LogP contribution < -0.4 is 10.1 Å². The summed E-state index contributed by atoms with van der Waals surface area (Å²) in [5.41, 5.74) is -0.293. The van der Waals surface area contributed by atoms with Crippen molar-refractivity contribution in [1.82, 2.24) is 4.98 Å². The molecule has 1 aromatic heterocycles. The lowest BCUT2D eigenvalue weighted by atomic mass is 9.99. The van der Waals surface area contributed by atoms with Crippen molar-refractivity contribution >= 4 is 11.5 Å². The molecule has 1 heterocycles. The molecule has 0 radical (unpaired) electrons. The quantitative estimate of drug-likeness (QED) is 0.623. The van der Waals surface area contributed by atoms with Crippen LogP contribution in [0.25, 0.3) is 0 Å². The maximum Gasteiger partial charge on any atom is 0.311 e. The molecule has 18 heavy (non-hydrogen) atoms. The summed E-state index contributed by atoms with van der Waals surface area (Å²) >= 11 is 0. The standard InChI is InChI=1S/C12H19N3O3/c1-5-8-12(2,3)14-11-9(15(16)17)6-7-10(13-11)18-4/h6-7H,5,8H2,1-4H3,(H,13,14). The molecule has 0 amide bonds. The lowest BCUT2D eigenvalue weighted by Gasteiger charge is -2.26. The van der Waals surface area contributed by atoms with Crippen LogP contribution in [-0.2, 0) is 0 Å². The molecule has 0 saturated carbocycles. The highest BCUT2D eigenvalue weighted by Crippen LogP contribution is 2.28. The molecule has 0 spiro atoms. The lowest BCUT2D eigenvalue weighted by molar-refractivity contribution is -0.384. The highest BCUT2D eigenvalue weighted by molar-refractivity contribution is 5.58. The first kappa shape index (κ1) is 14.2. The Morgan fingerprint density at radius 3 is 2.67 bits per heavy atom. The summed E-state index contributed by atoms with van der Waals surface area (Å²) in [7, 11) is 1.48. The van der Waals surface area contributed by atoms with Crippen LogP contribution in [0.4, 0.5) is 11.5 Å². The second-order valence-corrected chi connectivity index (χ2v) is 4.74. The molecule has 6 heteroatoms. The molecule has 0 saturated heterocycles. The number of nitro groups is 1. The van der Waals surface area contributed by atoms with Gasteiger partial charge in [-0.2, -0.15) is 4.98 Å². The number of pyridine rings is 1. The molecule has 0 fully saturated rings. The second-order valence-electron chi connectivity index (χ2n) is 4.74. The van der Waals surface area contributed by atoms with E-state index in [4.69, 9.17) is 4.74 Å². The summed E-state index contributed by atoms with van der Waals surface area (Å²) in [6.45, 7) is 6.04.